The summed E-state index contributed by atoms with van der Waals surface area (Å²) in [6.07, 6.45) is 7.20. The molecule has 28 heavy (non-hydrogen) atoms. The van der Waals surface area contributed by atoms with Crippen LogP contribution >= 0.6 is 24.8 Å². The molecule has 0 unspecified atom stereocenters. The summed E-state index contributed by atoms with van der Waals surface area (Å²) in [6.45, 7) is 4.81. The number of likely N-dealkylation sites (N-methyl/N-ethyl adjacent to an activating group) is 1. The third kappa shape index (κ3) is 6.11. The summed E-state index contributed by atoms with van der Waals surface area (Å²) in [5.74, 6) is 1.86. The minimum atomic E-state index is 0. The standard InChI is InChI=1S/C21H31N3O2.2ClH/c1-22-12-15-24-19-11-14-23(16-18(19)9-10-21(24)25)13-5-7-17-6-3-4-8-20(17)26-2;;/h3-8,18-19,22H,9-16H2,1-2H3;2*1H/b7-5+;;/t18-,19+;;/m0../s1. The number of halogens is 2. The van der Waals surface area contributed by atoms with Crippen molar-refractivity contribution in [3.63, 3.8) is 0 Å². The zero-order chi connectivity index (χ0) is 18.4. The maximum atomic E-state index is 12.3. The van der Waals surface area contributed by atoms with E-state index in [9.17, 15) is 4.79 Å². The van der Waals surface area contributed by atoms with Crippen molar-refractivity contribution in [1.82, 2.24) is 15.1 Å². The van der Waals surface area contributed by atoms with E-state index in [0.717, 1.165) is 56.9 Å². The average molecular weight is 430 g/mol. The van der Waals surface area contributed by atoms with Gasteiger partial charge in [-0.25, -0.2) is 0 Å². The Bertz CT molecular complexity index is 642. The normalized spacial score (nSPS) is 22.4. The van der Waals surface area contributed by atoms with E-state index in [2.05, 4.69) is 33.3 Å². The second-order valence-corrected chi connectivity index (χ2v) is 7.25. The summed E-state index contributed by atoms with van der Waals surface area (Å²) < 4.78 is 5.41. The average Bonchev–Trinajstić information content (AvgIpc) is 2.67. The van der Waals surface area contributed by atoms with Gasteiger partial charge in [0.1, 0.15) is 5.75 Å². The maximum Gasteiger partial charge on any atom is 0.222 e. The fourth-order valence-electron chi connectivity index (χ4n) is 4.25. The van der Waals surface area contributed by atoms with Crippen molar-refractivity contribution < 1.29 is 9.53 Å². The molecular formula is C21H33Cl2N3O2. The SMILES string of the molecule is CNCCN1C(=O)CC[C@H]2CN(C/C=C/c3ccccc3OC)CC[C@H]21.Cl.Cl. The van der Waals surface area contributed by atoms with E-state index >= 15 is 0 Å². The van der Waals surface area contributed by atoms with Crippen molar-refractivity contribution in [3.8, 4) is 5.75 Å². The summed E-state index contributed by atoms with van der Waals surface area (Å²) in [5, 5.41) is 3.17. The van der Waals surface area contributed by atoms with Crippen molar-refractivity contribution in [2.24, 2.45) is 5.92 Å². The number of carbonyl (C=O) groups is 1. The first kappa shape index (κ1) is 24.8. The molecule has 1 N–H and O–H groups in total. The zero-order valence-electron chi connectivity index (χ0n) is 16.8. The monoisotopic (exact) mass is 429 g/mol. The van der Waals surface area contributed by atoms with E-state index in [-0.39, 0.29) is 24.8 Å². The van der Waals surface area contributed by atoms with Crippen LogP contribution in [-0.4, -0.2) is 68.6 Å². The van der Waals surface area contributed by atoms with Gasteiger partial charge in [-0.1, -0.05) is 30.4 Å². The fourth-order valence-corrected chi connectivity index (χ4v) is 4.25. The molecule has 1 aromatic rings. The predicted octanol–water partition coefficient (Wildman–Crippen LogP) is 3.08. The number of nitrogens with one attached hydrogen (secondary N) is 1. The van der Waals surface area contributed by atoms with Gasteiger partial charge in [0, 0.05) is 50.7 Å². The summed E-state index contributed by atoms with van der Waals surface area (Å²) in [6, 6.07) is 8.52. The molecule has 0 spiro atoms. The first-order valence-corrected chi connectivity index (χ1v) is 9.69. The lowest BCUT2D eigenvalue weighted by molar-refractivity contribution is -0.140. The molecule has 5 nitrogen and oxygen atoms in total. The molecule has 0 saturated carbocycles. The molecule has 2 heterocycles. The Morgan fingerprint density at radius 1 is 1.25 bits per heavy atom. The number of hydrogen-bond donors (Lipinski definition) is 1. The van der Waals surface area contributed by atoms with E-state index in [1.807, 2.05) is 25.2 Å². The van der Waals surface area contributed by atoms with Crippen LogP contribution in [0, 0.1) is 5.92 Å². The number of amides is 1. The predicted molar refractivity (Wildman–Crippen MR) is 120 cm³/mol. The van der Waals surface area contributed by atoms with E-state index < -0.39 is 0 Å². The quantitative estimate of drug-likeness (QED) is 0.722. The van der Waals surface area contributed by atoms with Crippen molar-refractivity contribution in [1.29, 1.82) is 0 Å². The van der Waals surface area contributed by atoms with Crippen molar-refractivity contribution in [2.45, 2.75) is 25.3 Å². The molecule has 0 aromatic heterocycles. The number of benzene rings is 1. The molecule has 1 aromatic carbocycles. The summed E-state index contributed by atoms with van der Waals surface area (Å²) in [5.41, 5.74) is 1.12. The van der Waals surface area contributed by atoms with E-state index in [1.165, 1.54) is 0 Å². The molecule has 7 heteroatoms. The molecule has 0 radical (unpaired) electrons. The summed E-state index contributed by atoms with van der Waals surface area (Å²) in [4.78, 5) is 16.9. The van der Waals surface area contributed by atoms with Gasteiger partial charge in [-0.15, -0.1) is 24.8 Å². The highest BCUT2D eigenvalue weighted by Gasteiger charge is 2.38. The highest BCUT2D eigenvalue weighted by molar-refractivity contribution is 5.85. The first-order chi connectivity index (χ1) is 12.7. The lowest BCUT2D eigenvalue weighted by atomic mass is 9.83. The number of rotatable bonds is 7. The number of nitrogens with zero attached hydrogens (tertiary/aromatic N) is 2. The number of likely N-dealkylation sites (tertiary alicyclic amines) is 2. The third-order valence-electron chi connectivity index (χ3n) is 5.63. The van der Waals surface area contributed by atoms with Gasteiger partial charge >= 0.3 is 0 Å². The number of carbonyl (C=O) groups excluding carboxylic acids is 1. The van der Waals surface area contributed by atoms with Crippen LogP contribution < -0.4 is 10.1 Å². The van der Waals surface area contributed by atoms with Gasteiger partial charge in [0.15, 0.2) is 0 Å². The van der Waals surface area contributed by atoms with Gasteiger partial charge in [0.25, 0.3) is 0 Å². The van der Waals surface area contributed by atoms with Gasteiger partial charge in [0.05, 0.1) is 7.11 Å². The Kier molecular flexibility index (Phi) is 10.9. The Morgan fingerprint density at radius 3 is 2.79 bits per heavy atom. The number of hydrogen-bond acceptors (Lipinski definition) is 4. The van der Waals surface area contributed by atoms with Crippen molar-refractivity contribution >= 4 is 36.8 Å². The van der Waals surface area contributed by atoms with Gasteiger partial charge in [-0.05, 0) is 31.9 Å². The Balaban J connectivity index is 0.00000196. The maximum absolute atomic E-state index is 12.3. The van der Waals surface area contributed by atoms with Gasteiger partial charge in [-0.2, -0.15) is 0 Å². The third-order valence-corrected chi connectivity index (χ3v) is 5.63. The molecule has 2 aliphatic rings. The molecule has 2 atom stereocenters. The number of para-hydroxylation sites is 1. The van der Waals surface area contributed by atoms with Crippen LogP contribution in [0.3, 0.4) is 0 Å². The molecule has 1 amide bonds. The number of methoxy groups -OCH3 is 1. The molecular weight excluding hydrogens is 397 g/mol. The van der Waals surface area contributed by atoms with Crippen LogP contribution in [-0.2, 0) is 4.79 Å². The number of fused-ring (bicyclic) bond motifs is 1. The van der Waals surface area contributed by atoms with Gasteiger partial charge in [-0.3, -0.25) is 9.69 Å². The molecule has 3 rings (SSSR count). The summed E-state index contributed by atoms with van der Waals surface area (Å²) >= 11 is 0. The molecule has 158 valence electrons. The zero-order valence-corrected chi connectivity index (χ0v) is 18.4. The van der Waals surface area contributed by atoms with Crippen LogP contribution in [0.15, 0.2) is 30.3 Å². The lowest BCUT2D eigenvalue weighted by Gasteiger charge is -2.47. The van der Waals surface area contributed by atoms with E-state index in [1.54, 1.807) is 7.11 Å². The molecule has 0 aliphatic carbocycles. The van der Waals surface area contributed by atoms with Crippen LogP contribution in [0.25, 0.3) is 6.08 Å². The summed E-state index contributed by atoms with van der Waals surface area (Å²) in [7, 11) is 3.66. The first-order valence-electron chi connectivity index (χ1n) is 9.69. The second-order valence-electron chi connectivity index (χ2n) is 7.25. The smallest absolute Gasteiger partial charge is 0.222 e. The molecule has 0 bridgehead atoms. The largest absolute Gasteiger partial charge is 0.496 e. The minimum absolute atomic E-state index is 0. The van der Waals surface area contributed by atoms with E-state index in [0.29, 0.717) is 24.3 Å². The Labute approximate surface area is 181 Å². The van der Waals surface area contributed by atoms with E-state index in [4.69, 9.17) is 4.74 Å². The topological polar surface area (TPSA) is 44.8 Å². The van der Waals surface area contributed by atoms with Crippen LogP contribution in [0.1, 0.15) is 24.8 Å². The Morgan fingerprint density at radius 2 is 2.04 bits per heavy atom. The fraction of sp³-hybridized carbons (Fsp3) is 0.571. The highest BCUT2D eigenvalue weighted by Crippen LogP contribution is 2.31. The highest BCUT2D eigenvalue weighted by atomic mass is 35.5. The molecule has 2 saturated heterocycles. The van der Waals surface area contributed by atoms with Crippen LogP contribution in [0.4, 0.5) is 0 Å². The van der Waals surface area contributed by atoms with Crippen molar-refractivity contribution in [3.05, 3.63) is 35.9 Å². The molecule has 2 fully saturated rings. The number of ether oxygens (including phenoxy) is 1. The second kappa shape index (κ2) is 12.3. The molecule has 2 aliphatic heterocycles. The van der Waals surface area contributed by atoms with Crippen LogP contribution in [0.5, 0.6) is 5.75 Å². The lowest BCUT2D eigenvalue weighted by Crippen LogP contribution is -2.57. The van der Waals surface area contributed by atoms with Crippen molar-refractivity contribution in [2.75, 3.05) is 46.9 Å². The number of piperidine rings is 2. The minimum Gasteiger partial charge on any atom is -0.496 e. The van der Waals surface area contributed by atoms with Gasteiger partial charge < -0.3 is 15.0 Å². The Hall–Kier alpha value is -1.27. The van der Waals surface area contributed by atoms with Gasteiger partial charge in [0.2, 0.25) is 5.91 Å². The van der Waals surface area contributed by atoms with Crippen LogP contribution in [0.2, 0.25) is 0 Å².